The van der Waals surface area contributed by atoms with Gasteiger partial charge in [0.25, 0.3) is 0 Å². The van der Waals surface area contributed by atoms with Crippen LogP contribution in [0.2, 0.25) is 0 Å². The van der Waals surface area contributed by atoms with Crippen molar-refractivity contribution in [2.75, 3.05) is 5.75 Å². The molecule has 1 unspecified atom stereocenters. The molecule has 2 nitrogen and oxygen atoms in total. The van der Waals surface area contributed by atoms with E-state index < -0.39 is 11.1 Å². The van der Waals surface area contributed by atoms with Gasteiger partial charge in [0.1, 0.15) is 0 Å². The summed E-state index contributed by atoms with van der Waals surface area (Å²) in [6.45, 7) is 0. The lowest BCUT2D eigenvalue weighted by Crippen LogP contribution is -2.05. The number of hydrogen-bond acceptors (Lipinski definition) is 1. The van der Waals surface area contributed by atoms with Crippen molar-refractivity contribution in [2.24, 2.45) is 5.92 Å². The standard InChI is InChI=1S/C6H12O2S/c7-9(8)5-6-3-1-2-4-6/h6H,1-5H2,(H,7,8). The lowest BCUT2D eigenvalue weighted by Gasteiger charge is -2.02. The molecule has 0 heterocycles. The van der Waals surface area contributed by atoms with Gasteiger partial charge in [-0.15, -0.1) is 0 Å². The zero-order chi connectivity index (χ0) is 6.69. The van der Waals surface area contributed by atoms with Crippen LogP contribution in [-0.2, 0) is 11.1 Å². The minimum atomic E-state index is -1.56. The molecule has 0 aromatic carbocycles. The zero-order valence-electron chi connectivity index (χ0n) is 5.38. The molecule has 0 saturated heterocycles. The Bertz CT molecular complexity index is 108. The van der Waals surface area contributed by atoms with Crippen LogP contribution in [0.3, 0.4) is 0 Å². The van der Waals surface area contributed by atoms with Crippen LogP contribution in [0.25, 0.3) is 0 Å². The fourth-order valence-corrected chi connectivity index (χ4v) is 2.12. The second-order valence-corrected chi connectivity index (χ2v) is 3.61. The SMILES string of the molecule is O=S(O)CC1CCCC1. The van der Waals surface area contributed by atoms with Gasteiger partial charge in [-0.1, -0.05) is 12.8 Å². The third-order valence-corrected chi connectivity index (χ3v) is 2.61. The van der Waals surface area contributed by atoms with E-state index >= 15 is 0 Å². The highest BCUT2D eigenvalue weighted by Gasteiger charge is 2.16. The Morgan fingerprint density at radius 2 is 2.00 bits per heavy atom. The minimum Gasteiger partial charge on any atom is -0.306 e. The highest BCUT2D eigenvalue weighted by Crippen LogP contribution is 2.24. The summed E-state index contributed by atoms with van der Waals surface area (Å²) in [5, 5.41) is 0. The molecule has 0 aromatic heterocycles. The molecule has 1 aliphatic carbocycles. The largest absolute Gasteiger partial charge is 0.306 e. The van der Waals surface area contributed by atoms with E-state index in [1.807, 2.05) is 0 Å². The van der Waals surface area contributed by atoms with Crippen LogP contribution in [0.15, 0.2) is 0 Å². The van der Waals surface area contributed by atoms with Crippen molar-refractivity contribution >= 4 is 11.1 Å². The summed E-state index contributed by atoms with van der Waals surface area (Å²) in [4.78, 5) is 0. The predicted octanol–water partition coefficient (Wildman–Crippen LogP) is 1.40. The van der Waals surface area contributed by atoms with E-state index in [1.54, 1.807) is 0 Å². The summed E-state index contributed by atoms with van der Waals surface area (Å²) >= 11 is -1.56. The summed E-state index contributed by atoms with van der Waals surface area (Å²) in [6, 6.07) is 0. The quantitative estimate of drug-likeness (QED) is 0.601. The van der Waals surface area contributed by atoms with E-state index in [2.05, 4.69) is 0 Å². The molecule has 1 fully saturated rings. The van der Waals surface area contributed by atoms with Gasteiger partial charge in [0, 0.05) is 0 Å². The molecule has 0 spiro atoms. The van der Waals surface area contributed by atoms with Crippen molar-refractivity contribution in [1.29, 1.82) is 0 Å². The smallest absolute Gasteiger partial charge is 0.153 e. The van der Waals surface area contributed by atoms with E-state index in [0.717, 1.165) is 12.8 Å². The number of hydrogen-bond donors (Lipinski definition) is 1. The van der Waals surface area contributed by atoms with Gasteiger partial charge in [0.2, 0.25) is 0 Å². The third-order valence-electron chi connectivity index (χ3n) is 1.85. The van der Waals surface area contributed by atoms with Gasteiger partial charge in [0.15, 0.2) is 11.1 Å². The van der Waals surface area contributed by atoms with E-state index in [-0.39, 0.29) is 0 Å². The fourth-order valence-electron chi connectivity index (χ4n) is 1.38. The lowest BCUT2D eigenvalue weighted by molar-refractivity contribution is 0.534. The van der Waals surface area contributed by atoms with Gasteiger partial charge >= 0.3 is 0 Å². The van der Waals surface area contributed by atoms with Crippen molar-refractivity contribution in [3.8, 4) is 0 Å². The lowest BCUT2D eigenvalue weighted by atomic mass is 10.1. The summed E-state index contributed by atoms with van der Waals surface area (Å²) in [5.41, 5.74) is 0. The molecule has 0 bridgehead atoms. The summed E-state index contributed by atoms with van der Waals surface area (Å²) in [5.74, 6) is 1.04. The van der Waals surface area contributed by atoms with Crippen LogP contribution in [0.5, 0.6) is 0 Å². The Morgan fingerprint density at radius 1 is 1.44 bits per heavy atom. The second kappa shape index (κ2) is 3.32. The van der Waals surface area contributed by atoms with Crippen LogP contribution < -0.4 is 0 Å². The Balaban J connectivity index is 2.19. The van der Waals surface area contributed by atoms with Gasteiger partial charge in [-0.05, 0) is 18.8 Å². The van der Waals surface area contributed by atoms with E-state index in [1.165, 1.54) is 12.8 Å². The first kappa shape index (κ1) is 7.22. The fraction of sp³-hybridized carbons (Fsp3) is 1.00. The average Bonchev–Trinajstić information content (AvgIpc) is 2.15. The molecule has 3 heteroatoms. The summed E-state index contributed by atoms with van der Waals surface area (Å²) in [6.07, 6.45) is 4.82. The molecule has 1 aliphatic rings. The van der Waals surface area contributed by atoms with Crippen LogP contribution in [-0.4, -0.2) is 14.5 Å². The van der Waals surface area contributed by atoms with Crippen LogP contribution in [0.4, 0.5) is 0 Å². The van der Waals surface area contributed by atoms with Gasteiger partial charge in [-0.25, -0.2) is 4.21 Å². The van der Waals surface area contributed by atoms with E-state index in [4.69, 9.17) is 4.55 Å². The van der Waals surface area contributed by atoms with Crippen LogP contribution >= 0.6 is 0 Å². The van der Waals surface area contributed by atoms with Crippen molar-refractivity contribution in [2.45, 2.75) is 25.7 Å². The topological polar surface area (TPSA) is 37.3 Å². The maximum Gasteiger partial charge on any atom is 0.153 e. The molecule has 0 aliphatic heterocycles. The molecule has 1 atom stereocenters. The molecule has 1 N–H and O–H groups in total. The molecular formula is C6H12O2S. The maximum atomic E-state index is 10.3. The normalized spacial score (nSPS) is 24.6. The molecule has 9 heavy (non-hydrogen) atoms. The van der Waals surface area contributed by atoms with Gasteiger partial charge in [-0.2, -0.15) is 0 Å². The Morgan fingerprint density at radius 3 is 2.44 bits per heavy atom. The second-order valence-electron chi connectivity index (χ2n) is 2.64. The van der Waals surface area contributed by atoms with Gasteiger partial charge in [-0.3, -0.25) is 0 Å². The maximum absolute atomic E-state index is 10.3. The Labute approximate surface area is 57.9 Å². The van der Waals surface area contributed by atoms with Crippen molar-refractivity contribution in [3.05, 3.63) is 0 Å². The zero-order valence-corrected chi connectivity index (χ0v) is 6.19. The molecule has 1 rings (SSSR count). The average molecular weight is 148 g/mol. The van der Waals surface area contributed by atoms with E-state index in [0.29, 0.717) is 11.7 Å². The molecule has 1 saturated carbocycles. The van der Waals surface area contributed by atoms with Crippen LogP contribution in [0.1, 0.15) is 25.7 Å². The Hall–Kier alpha value is 0.110. The molecule has 54 valence electrons. The van der Waals surface area contributed by atoms with Gasteiger partial charge < -0.3 is 4.55 Å². The first-order chi connectivity index (χ1) is 4.29. The van der Waals surface area contributed by atoms with Gasteiger partial charge in [0.05, 0.1) is 5.75 Å². The summed E-state index contributed by atoms with van der Waals surface area (Å²) < 4.78 is 18.8. The van der Waals surface area contributed by atoms with Crippen molar-refractivity contribution in [3.63, 3.8) is 0 Å². The molecular weight excluding hydrogens is 136 g/mol. The minimum absolute atomic E-state index is 0.500. The highest BCUT2D eigenvalue weighted by atomic mass is 32.2. The summed E-state index contributed by atoms with van der Waals surface area (Å²) in [7, 11) is 0. The first-order valence-electron chi connectivity index (χ1n) is 3.36. The highest BCUT2D eigenvalue weighted by molar-refractivity contribution is 7.79. The third kappa shape index (κ3) is 2.45. The predicted molar refractivity (Wildman–Crippen MR) is 37.6 cm³/mol. The van der Waals surface area contributed by atoms with E-state index in [9.17, 15) is 4.21 Å². The monoisotopic (exact) mass is 148 g/mol. The molecule has 0 aromatic rings. The Kier molecular flexibility index (Phi) is 2.66. The number of rotatable bonds is 2. The van der Waals surface area contributed by atoms with Crippen molar-refractivity contribution < 1.29 is 8.76 Å². The molecule has 0 radical (unpaired) electrons. The molecule has 0 amide bonds. The first-order valence-corrected chi connectivity index (χ1v) is 4.64. The van der Waals surface area contributed by atoms with Crippen LogP contribution in [0, 0.1) is 5.92 Å². The van der Waals surface area contributed by atoms with Crippen molar-refractivity contribution in [1.82, 2.24) is 0 Å².